The molecule has 2 aliphatic heterocycles. The van der Waals surface area contributed by atoms with E-state index in [0.29, 0.717) is 13.1 Å². The van der Waals surface area contributed by atoms with Gasteiger partial charge in [-0.3, -0.25) is 0 Å². The number of piperazine rings is 1. The molecule has 0 aliphatic carbocycles. The number of amides is 1. The zero-order valence-corrected chi connectivity index (χ0v) is 15.6. The van der Waals surface area contributed by atoms with E-state index in [2.05, 4.69) is 4.98 Å². The van der Waals surface area contributed by atoms with Crippen molar-refractivity contribution in [3.8, 4) is 0 Å². The van der Waals surface area contributed by atoms with Gasteiger partial charge in [-0.1, -0.05) is 11.6 Å². The molecule has 0 radical (unpaired) electrons. The normalized spacial score (nSPS) is 23.3. The molecule has 2 bridgehead atoms. The Kier molecular flexibility index (Phi) is 4.75. The number of nitrogens with zero attached hydrogens (tertiary/aromatic N) is 3. The number of carbonyl (C=O) groups is 1. The van der Waals surface area contributed by atoms with Crippen LogP contribution in [0.2, 0.25) is 5.15 Å². The predicted molar refractivity (Wildman–Crippen MR) is 91.3 cm³/mol. The number of halogens is 4. The number of pyridine rings is 1. The minimum Gasteiger partial charge on any atom is -0.444 e. The number of hydrogen-bond acceptors (Lipinski definition) is 4. The first-order valence-electron chi connectivity index (χ1n) is 8.45. The van der Waals surface area contributed by atoms with Crippen LogP contribution in [-0.2, 0) is 10.9 Å². The number of alkyl halides is 3. The van der Waals surface area contributed by atoms with Crippen LogP contribution in [-0.4, -0.2) is 46.8 Å². The molecule has 5 nitrogen and oxygen atoms in total. The van der Waals surface area contributed by atoms with Gasteiger partial charge in [0.15, 0.2) is 0 Å². The smallest absolute Gasteiger partial charge is 0.416 e. The van der Waals surface area contributed by atoms with Gasteiger partial charge in [-0.05, 0) is 45.7 Å². The van der Waals surface area contributed by atoms with Crippen LogP contribution >= 0.6 is 11.6 Å². The Morgan fingerprint density at radius 1 is 1.19 bits per heavy atom. The number of aromatic nitrogens is 1. The molecule has 3 heterocycles. The average Bonchev–Trinajstić information content (AvgIpc) is 2.74. The number of hydrogen-bond donors (Lipinski definition) is 0. The standard InChI is InChI=1S/C17H21ClF3N3O2/c1-16(2,3)26-15(25)23-8-11-4-5-12(9-23)24(11)14-7-10(17(19,20)21)6-13(18)22-14/h6-7,11-12H,4-5,8-9H2,1-3H3. The summed E-state index contributed by atoms with van der Waals surface area (Å²) in [7, 11) is 0. The van der Waals surface area contributed by atoms with E-state index in [1.54, 1.807) is 25.7 Å². The molecule has 0 N–H and O–H groups in total. The molecule has 144 valence electrons. The Morgan fingerprint density at radius 2 is 1.77 bits per heavy atom. The molecule has 0 aromatic carbocycles. The lowest BCUT2D eigenvalue weighted by molar-refractivity contribution is -0.137. The van der Waals surface area contributed by atoms with Crippen molar-refractivity contribution in [2.24, 2.45) is 0 Å². The van der Waals surface area contributed by atoms with E-state index in [4.69, 9.17) is 16.3 Å². The second-order valence-electron chi connectivity index (χ2n) is 7.71. The van der Waals surface area contributed by atoms with Gasteiger partial charge in [0, 0.05) is 25.2 Å². The van der Waals surface area contributed by atoms with Crippen LogP contribution < -0.4 is 4.90 Å². The summed E-state index contributed by atoms with van der Waals surface area (Å²) >= 11 is 5.82. The van der Waals surface area contributed by atoms with Crippen molar-refractivity contribution in [1.29, 1.82) is 0 Å². The topological polar surface area (TPSA) is 45.7 Å². The maximum Gasteiger partial charge on any atom is 0.416 e. The third kappa shape index (κ3) is 4.00. The summed E-state index contributed by atoms with van der Waals surface area (Å²) < 4.78 is 44.6. The minimum absolute atomic E-state index is 0.103. The van der Waals surface area contributed by atoms with Gasteiger partial charge < -0.3 is 14.5 Å². The summed E-state index contributed by atoms with van der Waals surface area (Å²) in [6.45, 7) is 6.17. The average molecular weight is 392 g/mol. The number of ether oxygens (including phenoxy) is 1. The van der Waals surface area contributed by atoms with Crippen LogP contribution in [0.4, 0.5) is 23.8 Å². The van der Waals surface area contributed by atoms with Crippen molar-refractivity contribution < 1.29 is 22.7 Å². The Hall–Kier alpha value is -1.70. The third-order valence-electron chi connectivity index (χ3n) is 4.51. The summed E-state index contributed by atoms with van der Waals surface area (Å²) in [5.74, 6) is 0.209. The number of carbonyl (C=O) groups excluding carboxylic acids is 1. The number of rotatable bonds is 1. The van der Waals surface area contributed by atoms with E-state index in [9.17, 15) is 18.0 Å². The molecule has 2 saturated heterocycles. The molecule has 2 unspecified atom stereocenters. The Bertz CT molecular complexity index is 691. The van der Waals surface area contributed by atoms with Gasteiger partial charge in [0.2, 0.25) is 0 Å². The van der Waals surface area contributed by atoms with Crippen LogP contribution in [0, 0.1) is 0 Å². The summed E-state index contributed by atoms with van der Waals surface area (Å²) in [6, 6.07) is 1.64. The predicted octanol–water partition coefficient (Wildman–Crippen LogP) is 4.34. The summed E-state index contributed by atoms with van der Waals surface area (Å²) in [4.78, 5) is 19.9. The van der Waals surface area contributed by atoms with Gasteiger partial charge in [0.1, 0.15) is 16.6 Å². The van der Waals surface area contributed by atoms with Crippen molar-refractivity contribution >= 4 is 23.5 Å². The van der Waals surface area contributed by atoms with Crippen molar-refractivity contribution in [1.82, 2.24) is 9.88 Å². The lowest BCUT2D eigenvalue weighted by Gasteiger charge is -2.42. The second kappa shape index (κ2) is 6.48. The lowest BCUT2D eigenvalue weighted by Crippen LogP contribution is -2.56. The highest BCUT2D eigenvalue weighted by molar-refractivity contribution is 6.29. The molecule has 3 rings (SSSR count). The Morgan fingerprint density at radius 3 is 2.27 bits per heavy atom. The maximum atomic E-state index is 13.1. The molecule has 2 atom stereocenters. The lowest BCUT2D eigenvalue weighted by atomic mass is 10.1. The van der Waals surface area contributed by atoms with Gasteiger partial charge in [-0.25, -0.2) is 9.78 Å². The highest BCUT2D eigenvalue weighted by Gasteiger charge is 2.44. The Labute approximate surface area is 155 Å². The van der Waals surface area contributed by atoms with Crippen molar-refractivity contribution in [2.45, 2.75) is 57.5 Å². The van der Waals surface area contributed by atoms with Crippen LogP contribution in [0.5, 0.6) is 0 Å². The summed E-state index contributed by atoms with van der Waals surface area (Å²) in [5.41, 5.74) is -1.41. The molecule has 1 aromatic rings. The molecular formula is C17H21ClF3N3O2. The quantitative estimate of drug-likeness (QED) is 0.668. The molecular weight excluding hydrogens is 371 g/mol. The van der Waals surface area contributed by atoms with Gasteiger partial charge in [0.25, 0.3) is 0 Å². The highest BCUT2D eigenvalue weighted by atomic mass is 35.5. The number of likely N-dealkylation sites (tertiary alicyclic amines) is 1. The van der Waals surface area contributed by atoms with E-state index in [1.807, 2.05) is 4.90 Å². The molecule has 2 aliphatic rings. The van der Waals surface area contributed by atoms with Gasteiger partial charge in [-0.2, -0.15) is 13.2 Å². The molecule has 9 heteroatoms. The minimum atomic E-state index is -4.49. The fraction of sp³-hybridized carbons (Fsp3) is 0.647. The monoisotopic (exact) mass is 391 g/mol. The summed E-state index contributed by atoms with van der Waals surface area (Å²) in [5, 5.41) is -0.191. The van der Waals surface area contributed by atoms with Crippen molar-refractivity contribution in [2.75, 3.05) is 18.0 Å². The first kappa shape index (κ1) is 19.1. The zero-order valence-electron chi connectivity index (χ0n) is 14.8. The fourth-order valence-corrected chi connectivity index (χ4v) is 3.74. The van der Waals surface area contributed by atoms with Crippen molar-refractivity contribution in [3.05, 3.63) is 22.8 Å². The second-order valence-corrected chi connectivity index (χ2v) is 8.10. The van der Waals surface area contributed by atoms with E-state index < -0.39 is 23.4 Å². The first-order chi connectivity index (χ1) is 11.9. The molecule has 1 amide bonds. The fourth-order valence-electron chi connectivity index (χ4n) is 3.53. The SMILES string of the molecule is CC(C)(C)OC(=O)N1CC2CCC(C1)N2c1cc(C(F)(F)F)cc(Cl)n1. The Balaban J connectivity index is 1.81. The van der Waals surface area contributed by atoms with Gasteiger partial charge in [-0.15, -0.1) is 0 Å². The largest absolute Gasteiger partial charge is 0.444 e. The highest BCUT2D eigenvalue weighted by Crippen LogP contribution is 2.38. The molecule has 26 heavy (non-hydrogen) atoms. The van der Waals surface area contributed by atoms with Gasteiger partial charge in [0.05, 0.1) is 5.56 Å². The third-order valence-corrected chi connectivity index (χ3v) is 4.70. The number of fused-ring (bicyclic) bond motifs is 2. The van der Waals surface area contributed by atoms with Gasteiger partial charge >= 0.3 is 12.3 Å². The molecule has 0 spiro atoms. The van der Waals surface area contributed by atoms with Crippen molar-refractivity contribution in [3.63, 3.8) is 0 Å². The first-order valence-corrected chi connectivity index (χ1v) is 8.83. The van der Waals surface area contributed by atoms with E-state index in [1.165, 1.54) is 0 Å². The van der Waals surface area contributed by atoms with Crippen LogP contribution in [0.15, 0.2) is 12.1 Å². The van der Waals surface area contributed by atoms with E-state index in [0.717, 1.165) is 25.0 Å². The molecule has 1 aromatic heterocycles. The zero-order chi connectivity index (χ0) is 19.3. The van der Waals surface area contributed by atoms with E-state index in [-0.39, 0.29) is 23.1 Å². The molecule has 2 fully saturated rings. The number of anilines is 1. The summed E-state index contributed by atoms with van der Waals surface area (Å²) in [6.07, 6.45) is -3.33. The van der Waals surface area contributed by atoms with Crippen LogP contribution in [0.1, 0.15) is 39.2 Å². The van der Waals surface area contributed by atoms with Crippen LogP contribution in [0.3, 0.4) is 0 Å². The maximum absolute atomic E-state index is 13.1. The molecule has 0 saturated carbocycles. The van der Waals surface area contributed by atoms with Crippen LogP contribution in [0.25, 0.3) is 0 Å². The van der Waals surface area contributed by atoms with E-state index >= 15 is 0 Å².